The van der Waals surface area contributed by atoms with E-state index in [9.17, 15) is 19.2 Å². The molecular weight excluding hydrogens is 723 g/mol. The molecule has 0 aliphatic rings. The normalized spacial score (nSPS) is 12.9. The van der Waals surface area contributed by atoms with E-state index in [2.05, 4.69) is 26.6 Å². The highest BCUT2D eigenvalue weighted by atomic mass is 16.2. The van der Waals surface area contributed by atoms with Gasteiger partial charge in [-0.25, -0.2) is 0 Å². The van der Waals surface area contributed by atoms with E-state index in [4.69, 9.17) is 33.8 Å². The number of hydrogen-bond acceptors (Lipinski definition) is 7. The van der Waals surface area contributed by atoms with E-state index in [0.717, 1.165) is 33.4 Å². The minimum atomic E-state index is -1.18. The van der Waals surface area contributed by atoms with Crippen LogP contribution in [0.5, 0.6) is 0 Å². The molecule has 0 bridgehead atoms. The Kier molecular flexibility index (Phi) is 16.6. The fourth-order valence-electron chi connectivity index (χ4n) is 6.16. The van der Waals surface area contributed by atoms with Crippen molar-refractivity contribution in [2.75, 3.05) is 13.1 Å². The van der Waals surface area contributed by atoms with Gasteiger partial charge in [-0.2, -0.15) is 0 Å². The lowest BCUT2D eigenvalue weighted by Gasteiger charge is -2.26. The smallest absolute Gasteiger partial charge is 0.243 e. The molecule has 15 heteroatoms. The van der Waals surface area contributed by atoms with E-state index in [-0.39, 0.29) is 50.7 Å². The molecule has 57 heavy (non-hydrogen) atoms. The first kappa shape index (κ1) is 43.0. The zero-order valence-electron chi connectivity index (χ0n) is 31.8. The predicted molar refractivity (Wildman–Crippen MR) is 222 cm³/mol. The van der Waals surface area contributed by atoms with Crippen LogP contribution < -0.4 is 49.5 Å². The molecule has 4 amide bonds. The minimum Gasteiger partial charge on any atom is -0.370 e. The second-order valence-corrected chi connectivity index (χ2v) is 13.7. The summed E-state index contributed by atoms with van der Waals surface area (Å²) in [6, 6.07) is 30.6. The van der Waals surface area contributed by atoms with Gasteiger partial charge in [0, 0.05) is 19.5 Å². The first-order valence-corrected chi connectivity index (χ1v) is 18.8. The van der Waals surface area contributed by atoms with E-state index in [1.165, 1.54) is 0 Å². The SMILES string of the molecule is N=C(N)NCCC[C@@H](NC(=O)[C@@H](Cc1ccc(-c2ccccc2)cc1)NC(=O)[C@@H](CCCNC(=N)N)NC(=O)[C@H](N)Cc1ccc(-c2ccccc2)cc1)C(N)=O. The van der Waals surface area contributed by atoms with Gasteiger partial charge in [-0.15, -0.1) is 0 Å². The Bertz CT molecular complexity index is 1940. The fourth-order valence-corrected chi connectivity index (χ4v) is 6.16. The summed E-state index contributed by atoms with van der Waals surface area (Å²) in [6.45, 7) is 0.537. The lowest BCUT2D eigenvalue weighted by molar-refractivity contribution is -0.133. The highest BCUT2D eigenvalue weighted by Gasteiger charge is 2.30. The Hall–Kier alpha value is -6.74. The van der Waals surface area contributed by atoms with Gasteiger partial charge in [0.1, 0.15) is 18.1 Å². The number of nitrogens with one attached hydrogen (secondary N) is 7. The van der Waals surface area contributed by atoms with Gasteiger partial charge in [-0.1, -0.05) is 109 Å². The van der Waals surface area contributed by atoms with Crippen LogP contribution in [0.15, 0.2) is 109 Å². The summed E-state index contributed by atoms with van der Waals surface area (Å²) >= 11 is 0. The molecule has 0 aromatic heterocycles. The standard InChI is InChI=1S/C42H53N11O4/c43-33(25-27-15-19-31(20-16-27)29-9-3-1-4-10-29)38(55)52-35(14-8-24-50-42(47)48)39(56)53-36(40(57)51-34(37(44)54)13-7-23-49-41(45)46)26-28-17-21-32(22-18-28)30-11-5-2-6-12-30/h1-6,9-12,15-22,33-36H,7-8,13-14,23-26,43H2,(H2,44,54)(H,51,57)(H,52,55)(H,53,56)(H4,45,46,49)(H4,47,48,50)/t33-,34-,35-,36-/m1/s1. The van der Waals surface area contributed by atoms with Crippen molar-refractivity contribution in [3.8, 4) is 22.3 Å². The molecule has 0 radical (unpaired) electrons. The summed E-state index contributed by atoms with van der Waals surface area (Å²) in [5.41, 5.74) is 28.4. The number of amides is 4. The number of hydrogen-bond donors (Lipinski definition) is 11. The van der Waals surface area contributed by atoms with Crippen LogP contribution in [-0.2, 0) is 32.0 Å². The Balaban J connectivity index is 1.51. The van der Waals surface area contributed by atoms with Crippen LogP contribution in [0.2, 0.25) is 0 Å². The quantitative estimate of drug-likeness (QED) is 0.0333. The lowest BCUT2D eigenvalue weighted by Crippen LogP contribution is -2.58. The number of primary amides is 1. The molecule has 0 heterocycles. The molecule has 0 fully saturated rings. The van der Waals surface area contributed by atoms with E-state index in [1.807, 2.05) is 109 Å². The second-order valence-electron chi connectivity index (χ2n) is 13.7. The Morgan fingerprint density at radius 1 is 0.491 bits per heavy atom. The summed E-state index contributed by atoms with van der Waals surface area (Å²) in [7, 11) is 0. The highest BCUT2D eigenvalue weighted by molar-refractivity contribution is 5.94. The molecule has 0 aliphatic carbocycles. The monoisotopic (exact) mass is 775 g/mol. The third kappa shape index (κ3) is 14.4. The number of benzene rings is 4. The van der Waals surface area contributed by atoms with Crippen LogP contribution in [0.1, 0.15) is 36.8 Å². The zero-order valence-corrected chi connectivity index (χ0v) is 31.8. The van der Waals surface area contributed by atoms with E-state index < -0.39 is 47.8 Å². The van der Waals surface area contributed by atoms with Crippen LogP contribution in [-0.4, -0.2) is 72.8 Å². The summed E-state index contributed by atoms with van der Waals surface area (Å²) in [4.78, 5) is 53.8. The number of carbonyl (C=O) groups excluding carboxylic acids is 4. The van der Waals surface area contributed by atoms with Gasteiger partial charge in [0.15, 0.2) is 11.9 Å². The third-order valence-corrected chi connectivity index (χ3v) is 9.25. The van der Waals surface area contributed by atoms with Gasteiger partial charge in [-0.3, -0.25) is 30.0 Å². The number of carbonyl (C=O) groups is 4. The third-order valence-electron chi connectivity index (χ3n) is 9.25. The molecule has 4 aromatic rings. The molecule has 0 unspecified atom stereocenters. The molecule has 4 rings (SSSR count). The number of guanidine groups is 2. The minimum absolute atomic E-state index is 0.0507. The molecule has 300 valence electrons. The van der Waals surface area contributed by atoms with Crippen LogP contribution in [0.4, 0.5) is 0 Å². The lowest BCUT2D eigenvalue weighted by atomic mass is 9.99. The van der Waals surface area contributed by atoms with Gasteiger partial charge in [-0.05, 0) is 65.5 Å². The first-order chi connectivity index (χ1) is 27.4. The summed E-state index contributed by atoms with van der Waals surface area (Å²) in [5, 5.41) is 28.4. The molecule has 15 nitrogen and oxygen atoms in total. The van der Waals surface area contributed by atoms with Gasteiger partial charge < -0.3 is 49.5 Å². The van der Waals surface area contributed by atoms with Gasteiger partial charge >= 0.3 is 0 Å². The molecule has 0 aliphatic heterocycles. The van der Waals surface area contributed by atoms with Crippen LogP contribution in [0.25, 0.3) is 22.3 Å². The van der Waals surface area contributed by atoms with Crippen molar-refractivity contribution in [2.24, 2.45) is 22.9 Å². The Labute approximate surface area is 332 Å². The van der Waals surface area contributed by atoms with Crippen LogP contribution >= 0.6 is 0 Å². The predicted octanol–water partition coefficient (Wildman–Crippen LogP) is 1.60. The molecule has 0 saturated carbocycles. The highest BCUT2D eigenvalue weighted by Crippen LogP contribution is 2.21. The van der Waals surface area contributed by atoms with E-state index >= 15 is 0 Å². The van der Waals surface area contributed by atoms with Crippen LogP contribution in [0.3, 0.4) is 0 Å². The van der Waals surface area contributed by atoms with Crippen molar-refractivity contribution < 1.29 is 19.2 Å². The van der Waals surface area contributed by atoms with Crippen molar-refractivity contribution in [3.63, 3.8) is 0 Å². The summed E-state index contributed by atoms with van der Waals surface area (Å²) in [6.07, 6.45) is 1.25. The van der Waals surface area contributed by atoms with Gasteiger partial charge in [0.25, 0.3) is 0 Å². The second kappa shape index (κ2) is 22.0. The summed E-state index contributed by atoms with van der Waals surface area (Å²) < 4.78 is 0. The number of rotatable bonds is 21. The van der Waals surface area contributed by atoms with Gasteiger partial charge in [0.2, 0.25) is 23.6 Å². The average molecular weight is 776 g/mol. The van der Waals surface area contributed by atoms with E-state index in [1.54, 1.807) is 0 Å². The molecule has 4 aromatic carbocycles. The van der Waals surface area contributed by atoms with Crippen LogP contribution in [0, 0.1) is 10.8 Å². The maximum atomic E-state index is 14.0. The number of nitrogens with two attached hydrogens (primary N) is 4. The zero-order chi connectivity index (χ0) is 41.2. The first-order valence-electron chi connectivity index (χ1n) is 18.8. The maximum absolute atomic E-state index is 14.0. The molecule has 0 saturated heterocycles. The van der Waals surface area contributed by atoms with Crippen molar-refractivity contribution >= 4 is 35.5 Å². The molecule has 4 atom stereocenters. The van der Waals surface area contributed by atoms with Gasteiger partial charge in [0.05, 0.1) is 6.04 Å². The fraction of sp³-hybridized carbons (Fsp3) is 0.286. The summed E-state index contributed by atoms with van der Waals surface area (Å²) in [5.74, 6) is -3.10. The maximum Gasteiger partial charge on any atom is 0.243 e. The molecule has 15 N–H and O–H groups in total. The van der Waals surface area contributed by atoms with Crippen molar-refractivity contribution in [3.05, 3.63) is 120 Å². The van der Waals surface area contributed by atoms with Crippen molar-refractivity contribution in [1.82, 2.24) is 26.6 Å². The largest absolute Gasteiger partial charge is 0.370 e. The Morgan fingerprint density at radius 2 is 0.877 bits per heavy atom. The van der Waals surface area contributed by atoms with E-state index in [0.29, 0.717) is 12.8 Å². The average Bonchev–Trinajstić information content (AvgIpc) is 3.20. The molecule has 0 spiro atoms. The topological polar surface area (TPSA) is 280 Å². The van der Waals surface area contributed by atoms with Crippen molar-refractivity contribution in [2.45, 2.75) is 62.7 Å². The Morgan fingerprint density at radius 3 is 1.33 bits per heavy atom. The van der Waals surface area contributed by atoms with Crippen molar-refractivity contribution in [1.29, 1.82) is 10.8 Å². The molecular formula is C42H53N11O4.